The van der Waals surface area contributed by atoms with Crippen LogP contribution in [0.25, 0.3) is 28.0 Å². The molecule has 0 aromatic heterocycles. The second-order valence-electron chi connectivity index (χ2n) is 21.6. The Labute approximate surface area is 390 Å². The summed E-state index contributed by atoms with van der Waals surface area (Å²) in [5.41, 5.74) is 1.49. The molecule has 66 heavy (non-hydrogen) atoms. The molecule has 5 aromatic rings. The van der Waals surface area contributed by atoms with E-state index in [4.69, 9.17) is 32.2 Å². The van der Waals surface area contributed by atoms with Gasteiger partial charge in [0.15, 0.2) is 5.60 Å². The molecular weight excluding hydrogens is 858 g/mol. The van der Waals surface area contributed by atoms with E-state index in [1.165, 1.54) is 12.1 Å². The van der Waals surface area contributed by atoms with Crippen molar-refractivity contribution in [3.05, 3.63) is 130 Å². The lowest BCUT2D eigenvalue weighted by Gasteiger charge is -2.44. The Kier molecular flexibility index (Phi) is 13.0. The van der Waals surface area contributed by atoms with Gasteiger partial charge in [0.2, 0.25) is 0 Å². The highest BCUT2D eigenvalue weighted by atomic mass is 28.4. The monoisotopic (exact) mass is 924 g/mol. The highest BCUT2D eigenvalue weighted by Crippen LogP contribution is 2.58. The highest BCUT2D eigenvalue weighted by molar-refractivity contribution is 6.61. The zero-order valence-electron chi connectivity index (χ0n) is 41.1. The van der Waals surface area contributed by atoms with Gasteiger partial charge in [-0.15, -0.1) is 0 Å². The number of rotatable bonds is 14. The lowest BCUT2D eigenvalue weighted by atomic mass is 9.76. The van der Waals surface area contributed by atoms with Crippen LogP contribution in [0.4, 0.5) is 13.2 Å². The Balaban J connectivity index is 1.14. The number of fused-ring (bicyclic) bond motifs is 8. The third kappa shape index (κ3) is 10.4. The van der Waals surface area contributed by atoms with Crippen LogP contribution < -0.4 is 14.2 Å². The molecule has 0 fully saturated rings. The third-order valence-corrected chi connectivity index (χ3v) is 15.6. The molecule has 7 rings (SSSR count). The van der Waals surface area contributed by atoms with E-state index < -0.39 is 54.0 Å². The van der Waals surface area contributed by atoms with E-state index in [0.717, 1.165) is 44.2 Å². The van der Waals surface area contributed by atoms with Gasteiger partial charge in [-0.1, -0.05) is 74.5 Å². The molecule has 1 aliphatic heterocycles. The minimum atomic E-state index is -4.46. The Bertz CT molecular complexity index is 2540. The summed E-state index contributed by atoms with van der Waals surface area (Å²) in [4.78, 5) is 0. The molecule has 7 nitrogen and oxygen atoms in total. The van der Waals surface area contributed by atoms with Crippen molar-refractivity contribution in [2.24, 2.45) is 0 Å². The number of hydrogen-bond donors (Lipinski definition) is 0. The molecule has 5 aromatic carbocycles. The van der Waals surface area contributed by atoms with Gasteiger partial charge in [0.25, 0.3) is 0 Å². The van der Waals surface area contributed by atoms with Crippen molar-refractivity contribution in [3.63, 3.8) is 0 Å². The molecule has 1 heterocycles. The van der Waals surface area contributed by atoms with Crippen LogP contribution in [0.1, 0.15) is 130 Å². The van der Waals surface area contributed by atoms with E-state index in [-0.39, 0.29) is 0 Å². The van der Waals surface area contributed by atoms with Crippen LogP contribution in [0.2, 0.25) is 6.04 Å². The fraction of sp³-hybridized carbons (Fsp3) is 0.455. The van der Waals surface area contributed by atoms with Crippen LogP contribution in [-0.2, 0) is 35.2 Å². The van der Waals surface area contributed by atoms with Crippen LogP contribution >= 0.6 is 0 Å². The molecule has 0 saturated heterocycles. The van der Waals surface area contributed by atoms with Crippen molar-refractivity contribution in [1.29, 1.82) is 0 Å². The van der Waals surface area contributed by atoms with Gasteiger partial charge in [-0.3, -0.25) is 0 Å². The summed E-state index contributed by atoms with van der Waals surface area (Å²) in [6, 6.07) is 28.4. The van der Waals surface area contributed by atoms with Gasteiger partial charge in [-0.25, -0.2) is 0 Å². The van der Waals surface area contributed by atoms with Crippen molar-refractivity contribution >= 4 is 25.7 Å². The van der Waals surface area contributed by atoms with E-state index in [1.54, 1.807) is 13.2 Å². The molecule has 0 saturated carbocycles. The van der Waals surface area contributed by atoms with Crippen LogP contribution in [0.3, 0.4) is 0 Å². The second-order valence-corrected chi connectivity index (χ2v) is 24.1. The number of ether oxygens (including phenoxy) is 4. The maximum atomic E-state index is 14.1. The topological polar surface area (TPSA) is 64.6 Å². The van der Waals surface area contributed by atoms with Crippen molar-refractivity contribution < 1.29 is 45.4 Å². The second kappa shape index (κ2) is 17.5. The molecule has 0 spiro atoms. The minimum absolute atomic E-state index is 0.327. The summed E-state index contributed by atoms with van der Waals surface area (Å²) >= 11 is 0. The smallest absolute Gasteiger partial charge is 0.497 e. The van der Waals surface area contributed by atoms with Crippen molar-refractivity contribution in [3.8, 4) is 28.4 Å². The molecule has 0 bridgehead atoms. The van der Waals surface area contributed by atoms with Crippen molar-refractivity contribution in [1.82, 2.24) is 0 Å². The summed E-state index contributed by atoms with van der Waals surface area (Å²) in [5, 5.41) is 1.79. The lowest BCUT2D eigenvalue weighted by Crippen LogP contribution is -2.57. The number of alkyl halides is 3. The van der Waals surface area contributed by atoms with Crippen LogP contribution in [0.5, 0.6) is 17.2 Å². The fourth-order valence-corrected chi connectivity index (χ4v) is 13.5. The molecule has 0 radical (unpaired) electrons. The number of halogens is 3. The maximum Gasteiger partial charge on any atom is 0.502 e. The average Bonchev–Trinajstić information content (AvgIpc) is 3.45. The first kappa shape index (κ1) is 49.3. The quantitative estimate of drug-likeness (QED) is 0.0812. The van der Waals surface area contributed by atoms with E-state index >= 15 is 0 Å². The molecule has 1 aliphatic carbocycles. The maximum absolute atomic E-state index is 14.1. The zero-order chi connectivity index (χ0) is 48.3. The first-order valence-electron chi connectivity index (χ1n) is 22.9. The first-order chi connectivity index (χ1) is 30.6. The lowest BCUT2D eigenvalue weighted by molar-refractivity contribution is -0.137. The molecule has 1 atom stereocenters. The molecular formula is C55H67F3O7Si. The van der Waals surface area contributed by atoms with E-state index in [1.807, 2.05) is 149 Å². The van der Waals surface area contributed by atoms with Crippen molar-refractivity contribution in [2.45, 2.75) is 142 Å². The SMILES string of the molecule is COc1ccc(C2(c3ccc(OCCOC(C)(C)CC[Si](OC(C)(C)C)(OC(C)(C)C)OC(C)(C)C)cc3)C=Cc3c4c(c5ccccc5c3O2)-c2ccc(C(F)(F)F)cc2C4(C)C)cc1. The van der Waals surface area contributed by atoms with Gasteiger partial charge in [0.05, 0.1) is 41.7 Å². The fourth-order valence-electron chi connectivity index (χ4n) is 9.34. The van der Waals surface area contributed by atoms with Gasteiger partial charge in [0, 0.05) is 33.5 Å². The molecule has 0 N–H and O–H groups in total. The van der Waals surface area contributed by atoms with Crippen molar-refractivity contribution in [2.75, 3.05) is 20.3 Å². The first-order valence-corrected chi connectivity index (χ1v) is 24.8. The van der Waals surface area contributed by atoms with E-state index in [0.29, 0.717) is 48.5 Å². The minimum Gasteiger partial charge on any atom is -0.497 e. The Hall–Kier alpha value is -4.65. The standard InChI is InChI=1S/C55H67F3O7Si/c1-49(2,3)63-66(64-50(4,5)6,65-51(7,8)9)34-31-52(10,11)61-33-32-60-40-26-21-37(22-27-40)54(36-19-24-39(59-14)25-20-36)30-29-44-47-46(41-17-15-16-18-42(41)48(44)62-54)43-28-23-38(55(56,57)58)35-45(43)53(47,12)13/h15-30,35H,31-34H2,1-14H3. The molecule has 354 valence electrons. The summed E-state index contributed by atoms with van der Waals surface area (Å²) in [7, 11) is -1.57. The van der Waals surface area contributed by atoms with E-state index in [9.17, 15) is 13.2 Å². The number of hydrogen-bond acceptors (Lipinski definition) is 7. The number of methoxy groups -OCH3 is 1. The number of benzene rings is 5. The molecule has 2 aliphatic rings. The summed E-state index contributed by atoms with van der Waals surface area (Å²) in [5.74, 6) is 2.05. The summed E-state index contributed by atoms with van der Waals surface area (Å²) < 4.78 is 88.0. The van der Waals surface area contributed by atoms with Gasteiger partial charge in [0.1, 0.15) is 23.9 Å². The van der Waals surface area contributed by atoms with Gasteiger partial charge >= 0.3 is 15.0 Å². The molecule has 0 amide bonds. The summed E-state index contributed by atoms with van der Waals surface area (Å²) in [6.45, 7) is 27.1. The van der Waals surface area contributed by atoms with Crippen LogP contribution in [0, 0.1) is 0 Å². The Morgan fingerprint density at radius 1 is 0.652 bits per heavy atom. The van der Waals surface area contributed by atoms with Gasteiger partial charge < -0.3 is 32.2 Å². The predicted octanol–water partition coefficient (Wildman–Crippen LogP) is 14.5. The van der Waals surface area contributed by atoms with Crippen LogP contribution in [-0.4, -0.2) is 51.5 Å². The molecule has 11 heteroatoms. The zero-order valence-corrected chi connectivity index (χ0v) is 42.1. The summed E-state index contributed by atoms with van der Waals surface area (Å²) in [6.07, 6.45) is 0.334. The van der Waals surface area contributed by atoms with Gasteiger partial charge in [-0.2, -0.15) is 13.2 Å². The van der Waals surface area contributed by atoms with E-state index in [2.05, 4.69) is 26.0 Å². The normalized spacial score (nSPS) is 17.3. The average molecular weight is 925 g/mol. The third-order valence-electron chi connectivity index (χ3n) is 11.9. The Morgan fingerprint density at radius 2 is 1.20 bits per heavy atom. The van der Waals surface area contributed by atoms with Crippen LogP contribution in [0.15, 0.2) is 97.1 Å². The largest absolute Gasteiger partial charge is 0.502 e. The van der Waals surface area contributed by atoms with Gasteiger partial charge in [-0.05, 0) is 153 Å². The predicted molar refractivity (Wildman–Crippen MR) is 260 cm³/mol. The Morgan fingerprint density at radius 3 is 1.73 bits per heavy atom. The highest BCUT2D eigenvalue weighted by Gasteiger charge is 2.51. The molecule has 1 unspecified atom stereocenters.